The van der Waals surface area contributed by atoms with Gasteiger partial charge in [0, 0.05) is 5.69 Å². The Morgan fingerprint density at radius 3 is 2.73 bits per heavy atom. The van der Waals surface area contributed by atoms with Gasteiger partial charge in [0.2, 0.25) is 0 Å². The molecule has 0 saturated carbocycles. The van der Waals surface area contributed by atoms with E-state index in [4.69, 9.17) is 10.00 Å². The Morgan fingerprint density at radius 1 is 1.23 bits per heavy atom. The van der Waals surface area contributed by atoms with E-state index in [2.05, 4.69) is 10.6 Å². The van der Waals surface area contributed by atoms with Gasteiger partial charge >= 0.3 is 6.03 Å². The zero-order chi connectivity index (χ0) is 15.8. The van der Waals surface area contributed by atoms with E-state index < -0.39 is 0 Å². The Labute approximate surface area is 129 Å². The van der Waals surface area contributed by atoms with Gasteiger partial charge in [0.15, 0.2) is 0 Å². The third kappa shape index (κ3) is 4.84. The van der Waals surface area contributed by atoms with Gasteiger partial charge in [-0.25, -0.2) is 4.79 Å². The first-order valence-corrected chi connectivity index (χ1v) is 6.92. The van der Waals surface area contributed by atoms with Crippen LogP contribution in [0, 0.1) is 18.3 Å². The molecule has 5 nitrogen and oxygen atoms in total. The van der Waals surface area contributed by atoms with Gasteiger partial charge in [-0.05, 0) is 37.3 Å². The molecule has 112 valence electrons. The maximum atomic E-state index is 11.7. The molecule has 2 rings (SSSR count). The number of urea groups is 1. The molecular weight excluding hydrogens is 278 g/mol. The lowest BCUT2D eigenvalue weighted by atomic mass is 10.2. The van der Waals surface area contributed by atoms with Crippen molar-refractivity contribution in [3.05, 3.63) is 59.7 Å². The van der Waals surface area contributed by atoms with Crippen LogP contribution in [0.25, 0.3) is 0 Å². The Hall–Kier alpha value is -3.00. The van der Waals surface area contributed by atoms with Crippen molar-refractivity contribution in [2.24, 2.45) is 0 Å². The third-order valence-corrected chi connectivity index (χ3v) is 2.93. The highest BCUT2D eigenvalue weighted by molar-refractivity contribution is 5.89. The second-order valence-corrected chi connectivity index (χ2v) is 4.74. The van der Waals surface area contributed by atoms with Crippen molar-refractivity contribution in [2.45, 2.75) is 6.92 Å². The molecule has 0 spiro atoms. The van der Waals surface area contributed by atoms with Crippen molar-refractivity contribution >= 4 is 11.7 Å². The van der Waals surface area contributed by atoms with E-state index in [9.17, 15) is 4.79 Å². The fourth-order valence-corrected chi connectivity index (χ4v) is 1.81. The average molecular weight is 295 g/mol. The summed E-state index contributed by atoms with van der Waals surface area (Å²) in [5, 5.41) is 14.2. The number of benzene rings is 2. The van der Waals surface area contributed by atoms with Crippen molar-refractivity contribution < 1.29 is 9.53 Å². The second kappa shape index (κ2) is 7.70. The molecule has 0 saturated heterocycles. The molecule has 0 fully saturated rings. The number of hydrogen-bond donors (Lipinski definition) is 2. The predicted octanol–water partition coefficient (Wildman–Crippen LogP) is 3.07. The highest BCUT2D eigenvalue weighted by Crippen LogP contribution is 2.11. The quantitative estimate of drug-likeness (QED) is 0.832. The first-order chi connectivity index (χ1) is 10.7. The molecular formula is C17H17N3O2. The van der Waals surface area contributed by atoms with Crippen LogP contribution >= 0.6 is 0 Å². The molecule has 0 atom stereocenters. The highest BCUT2D eigenvalue weighted by Gasteiger charge is 2.02. The Morgan fingerprint density at radius 2 is 2.00 bits per heavy atom. The molecule has 0 aliphatic heterocycles. The lowest BCUT2D eigenvalue weighted by Crippen LogP contribution is -2.32. The van der Waals surface area contributed by atoms with Crippen LogP contribution < -0.4 is 15.4 Å². The van der Waals surface area contributed by atoms with E-state index >= 15 is 0 Å². The molecule has 0 aromatic heterocycles. The fraction of sp³-hybridized carbons (Fsp3) is 0.176. The minimum atomic E-state index is -0.331. The minimum absolute atomic E-state index is 0.331. The number of aryl methyl sites for hydroxylation is 1. The average Bonchev–Trinajstić information content (AvgIpc) is 2.53. The largest absolute Gasteiger partial charge is 0.492 e. The van der Waals surface area contributed by atoms with Gasteiger partial charge in [-0.2, -0.15) is 5.26 Å². The van der Waals surface area contributed by atoms with Gasteiger partial charge in [0.05, 0.1) is 18.2 Å². The predicted molar refractivity (Wildman–Crippen MR) is 84.9 cm³/mol. The number of rotatable bonds is 5. The van der Waals surface area contributed by atoms with E-state index in [1.807, 2.05) is 37.3 Å². The normalized spacial score (nSPS) is 9.64. The number of ether oxygens (including phenoxy) is 1. The van der Waals surface area contributed by atoms with Crippen LogP contribution in [0.2, 0.25) is 0 Å². The van der Waals surface area contributed by atoms with Crippen molar-refractivity contribution in [1.29, 1.82) is 5.26 Å². The second-order valence-electron chi connectivity index (χ2n) is 4.74. The third-order valence-electron chi connectivity index (χ3n) is 2.93. The van der Waals surface area contributed by atoms with Gasteiger partial charge in [-0.1, -0.05) is 23.8 Å². The Bertz CT molecular complexity index is 675. The van der Waals surface area contributed by atoms with Crippen molar-refractivity contribution in [1.82, 2.24) is 5.32 Å². The van der Waals surface area contributed by atoms with Crippen molar-refractivity contribution in [2.75, 3.05) is 18.5 Å². The summed E-state index contributed by atoms with van der Waals surface area (Å²) in [4.78, 5) is 11.7. The number of nitrogens with zero attached hydrogens (tertiary/aromatic N) is 1. The zero-order valence-corrected chi connectivity index (χ0v) is 12.3. The minimum Gasteiger partial charge on any atom is -0.492 e. The van der Waals surface area contributed by atoms with Crippen LogP contribution in [0.1, 0.15) is 11.1 Å². The van der Waals surface area contributed by atoms with E-state index in [0.717, 1.165) is 5.75 Å². The van der Waals surface area contributed by atoms with E-state index in [1.165, 1.54) is 5.56 Å². The molecule has 2 aromatic carbocycles. The first-order valence-electron chi connectivity index (χ1n) is 6.92. The lowest BCUT2D eigenvalue weighted by molar-refractivity contribution is 0.247. The van der Waals surface area contributed by atoms with Gasteiger partial charge in [-0.15, -0.1) is 0 Å². The summed E-state index contributed by atoms with van der Waals surface area (Å²) in [5.74, 6) is 0.773. The molecule has 22 heavy (non-hydrogen) atoms. The lowest BCUT2D eigenvalue weighted by Gasteiger charge is -2.09. The summed E-state index contributed by atoms with van der Waals surface area (Å²) in [6.45, 7) is 2.78. The molecule has 0 aliphatic carbocycles. The van der Waals surface area contributed by atoms with Gasteiger partial charge in [0.1, 0.15) is 12.4 Å². The van der Waals surface area contributed by atoms with Crippen LogP contribution in [0.5, 0.6) is 5.75 Å². The Kier molecular flexibility index (Phi) is 5.38. The number of hydrogen-bond acceptors (Lipinski definition) is 3. The SMILES string of the molecule is Cc1ccc(OCCNC(=O)Nc2cccc(C#N)c2)cc1. The number of carbonyl (C=O) groups is 1. The van der Waals surface area contributed by atoms with Gasteiger partial charge < -0.3 is 15.4 Å². The van der Waals surface area contributed by atoms with Crippen molar-refractivity contribution in [3.8, 4) is 11.8 Å². The molecule has 2 aromatic rings. The standard InChI is InChI=1S/C17H17N3O2/c1-13-5-7-16(8-6-13)22-10-9-19-17(21)20-15-4-2-3-14(11-15)12-18/h2-8,11H,9-10H2,1H3,(H2,19,20,21). The monoisotopic (exact) mass is 295 g/mol. The molecule has 2 amide bonds. The number of anilines is 1. The van der Waals surface area contributed by atoms with Crippen LogP contribution in [-0.2, 0) is 0 Å². The highest BCUT2D eigenvalue weighted by atomic mass is 16.5. The fourth-order valence-electron chi connectivity index (χ4n) is 1.81. The molecule has 0 aliphatic rings. The molecule has 0 bridgehead atoms. The van der Waals surface area contributed by atoms with Crippen LogP contribution in [0.3, 0.4) is 0 Å². The van der Waals surface area contributed by atoms with Crippen LogP contribution in [0.15, 0.2) is 48.5 Å². The summed E-state index contributed by atoms with van der Waals surface area (Å²) in [7, 11) is 0. The summed E-state index contributed by atoms with van der Waals surface area (Å²) in [6, 6.07) is 16.2. The molecule has 0 heterocycles. The van der Waals surface area contributed by atoms with Gasteiger partial charge in [-0.3, -0.25) is 0 Å². The maximum Gasteiger partial charge on any atom is 0.319 e. The van der Waals surface area contributed by atoms with E-state index in [-0.39, 0.29) is 6.03 Å². The van der Waals surface area contributed by atoms with E-state index in [0.29, 0.717) is 24.4 Å². The summed E-state index contributed by atoms with van der Waals surface area (Å²) in [5.41, 5.74) is 2.25. The summed E-state index contributed by atoms with van der Waals surface area (Å²) < 4.78 is 5.51. The molecule has 5 heteroatoms. The van der Waals surface area contributed by atoms with E-state index in [1.54, 1.807) is 24.3 Å². The summed E-state index contributed by atoms with van der Waals surface area (Å²) >= 11 is 0. The van der Waals surface area contributed by atoms with Crippen molar-refractivity contribution in [3.63, 3.8) is 0 Å². The smallest absolute Gasteiger partial charge is 0.319 e. The Balaban J connectivity index is 1.71. The van der Waals surface area contributed by atoms with Crippen LogP contribution in [0.4, 0.5) is 10.5 Å². The first kappa shape index (κ1) is 15.4. The number of amides is 2. The number of carbonyl (C=O) groups excluding carboxylic acids is 1. The molecule has 0 radical (unpaired) electrons. The molecule has 2 N–H and O–H groups in total. The maximum absolute atomic E-state index is 11.7. The van der Waals surface area contributed by atoms with Gasteiger partial charge in [0.25, 0.3) is 0 Å². The zero-order valence-electron chi connectivity index (χ0n) is 12.3. The topological polar surface area (TPSA) is 74.2 Å². The number of nitrogens with one attached hydrogen (secondary N) is 2. The molecule has 0 unspecified atom stereocenters. The van der Waals surface area contributed by atoms with Crippen LogP contribution in [-0.4, -0.2) is 19.2 Å². The summed E-state index contributed by atoms with van der Waals surface area (Å²) in [6.07, 6.45) is 0. The number of nitriles is 1.